The number of ether oxygens (including phenoxy) is 1. The van der Waals surface area contributed by atoms with Crippen LogP contribution in [-0.2, 0) is 14.3 Å². The molecule has 2 aliphatic rings. The van der Waals surface area contributed by atoms with E-state index in [9.17, 15) is 9.59 Å². The summed E-state index contributed by atoms with van der Waals surface area (Å²) in [7, 11) is 0. The Morgan fingerprint density at radius 2 is 2.00 bits per heavy atom. The van der Waals surface area contributed by atoms with Crippen molar-refractivity contribution in [3.05, 3.63) is 30.2 Å². The lowest BCUT2D eigenvalue weighted by atomic mass is 9.97. The number of hydrogen-bond acceptors (Lipinski definition) is 5. The average Bonchev–Trinajstić information content (AvgIpc) is 3.21. The summed E-state index contributed by atoms with van der Waals surface area (Å²) in [4.78, 5) is 30.3. The number of aromatic nitrogens is 1. The van der Waals surface area contributed by atoms with Gasteiger partial charge < -0.3 is 14.1 Å². The quantitative estimate of drug-likeness (QED) is 0.799. The van der Waals surface area contributed by atoms with Gasteiger partial charge in [-0.2, -0.15) is 0 Å². The number of oxazole rings is 1. The molecular weight excluding hydrogens is 320 g/mol. The number of likely N-dealkylation sites (tertiary alicyclic amines) is 1. The molecule has 132 valence electrons. The Kier molecular flexibility index (Phi) is 4.19. The van der Waals surface area contributed by atoms with E-state index in [4.69, 9.17) is 9.15 Å². The molecule has 2 atom stereocenters. The molecule has 1 amide bonds. The SMILES string of the molecule is C[C@H]1C[C@H]1C(=O)OCC(=O)N1CCC(c2nc3ccccc3o2)CC1. The lowest BCUT2D eigenvalue weighted by molar-refractivity contribution is -0.153. The predicted octanol–water partition coefficient (Wildman–Crippen LogP) is 2.73. The van der Waals surface area contributed by atoms with E-state index in [2.05, 4.69) is 4.98 Å². The highest BCUT2D eigenvalue weighted by Crippen LogP contribution is 2.38. The van der Waals surface area contributed by atoms with Crippen LogP contribution in [0.5, 0.6) is 0 Å². The summed E-state index contributed by atoms with van der Waals surface area (Å²) in [6.07, 6.45) is 2.50. The number of piperidine rings is 1. The Morgan fingerprint density at radius 1 is 1.28 bits per heavy atom. The maximum absolute atomic E-state index is 12.2. The zero-order valence-corrected chi connectivity index (χ0v) is 14.3. The molecule has 0 spiro atoms. The van der Waals surface area contributed by atoms with Crippen LogP contribution in [0, 0.1) is 11.8 Å². The Bertz CT molecular complexity index is 759. The molecule has 25 heavy (non-hydrogen) atoms. The first-order valence-electron chi connectivity index (χ1n) is 8.91. The zero-order valence-electron chi connectivity index (χ0n) is 14.3. The van der Waals surface area contributed by atoms with Gasteiger partial charge in [-0.15, -0.1) is 0 Å². The van der Waals surface area contributed by atoms with Gasteiger partial charge in [0.25, 0.3) is 5.91 Å². The number of esters is 1. The third-order valence-electron chi connectivity index (χ3n) is 5.26. The van der Waals surface area contributed by atoms with Gasteiger partial charge in [0, 0.05) is 19.0 Å². The van der Waals surface area contributed by atoms with Crippen LogP contribution in [-0.4, -0.2) is 41.5 Å². The second-order valence-corrected chi connectivity index (χ2v) is 7.10. The van der Waals surface area contributed by atoms with Gasteiger partial charge in [-0.05, 0) is 37.3 Å². The highest BCUT2D eigenvalue weighted by Gasteiger charge is 2.40. The molecule has 2 fully saturated rings. The molecule has 6 nitrogen and oxygen atoms in total. The van der Waals surface area contributed by atoms with E-state index in [1.807, 2.05) is 31.2 Å². The predicted molar refractivity (Wildman–Crippen MR) is 90.8 cm³/mol. The van der Waals surface area contributed by atoms with Gasteiger partial charge >= 0.3 is 5.97 Å². The van der Waals surface area contributed by atoms with Gasteiger partial charge in [0.15, 0.2) is 18.1 Å². The molecule has 4 rings (SSSR count). The number of rotatable bonds is 4. The smallest absolute Gasteiger partial charge is 0.309 e. The maximum atomic E-state index is 12.2. The molecule has 1 aliphatic heterocycles. The summed E-state index contributed by atoms with van der Waals surface area (Å²) in [6, 6.07) is 7.73. The van der Waals surface area contributed by atoms with E-state index < -0.39 is 0 Å². The van der Waals surface area contributed by atoms with E-state index in [0.29, 0.717) is 19.0 Å². The fourth-order valence-corrected chi connectivity index (χ4v) is 3.42. The van der Waals surface area contributed by atoms with E-state index in [1.54, 1.807) is 4.90 Å². The number of para-hydroxylation sites is 2. The van der Waals surface area contributed by atoms with Crippen molar-refractivity contribution < 1.29 is 18.7 Å². The van der Waals surface area contributed by atoms with Gasteiger partial charge in [0.1, 0.15) is 5.52 Å². The third kappa shape index (κ3) is 3.38. The molecular formula is C19H22N2O4. The Morgan fingerprint density at radius 3 is 2.68 bits per heavy atom. The van der Waals surface area contributed by atoms with E-state index in [1.165, 1.54) is 0 Å². The minimum Gasteiger partial charge on any atom is -0.455 e. The van der Waals surface area contributed by atoms with Crippen LogP contribution >= 0.6 is 0 Å². The average molecular weight is 342 g/mol. The monoisotopic (exact) mass is 342 g/mol. The number of hydrogen-bond donors (Lipinski definition) is 0. The normalized spacial score (nSPS) is 23.6. The molecule has 2 aromatic rings. The fraction of sp³-hybridized carbons (Fsp3) is 0.526. The number of nitrogens with zero attached hydrogens (tertiary/aromatic N) is 2. The first-order valence-corrected chi connectivity index (χ1v) is 8.91. The van der Waals surface area contributed by atoms with Gasteiger partial charge in [-0.3, -0.25) is 9.59 Å². The first kappa shape index (κ1) is 16.1. The number of fused-ring (bicyclic) bond motifs is 1. The summed E-state index contributed by atoms with van der Waals surface area (Å²) in [5.74, 6) is 1.03. The highest BCUT2D eigenvalue weighted by molar-refractivity contribution is 5.82. The molecule has 0 N–H and O–H groups in total. The van der Waals surface area contributed by atoms with Crippen molar-refractivity contribution in [2.75, 3.05) is 19.7 Å². The van der Waals surface area contributed by atoms with Crippen LogP contribution < -0.4 is 0 Å². The van der Waals surface area contributed by atoms with Crippen molar-refractivity contribution in [3.8, 4) is 0 Å². The molecule has 6 heteroatoms. The molecule has 2 heterocycles. The summed E-state index contributed by atoms with van der Waals surface area (Å²) in [5.41, 5.74) is 1.68. The minimum atomic E-state index is -0.234. The van der Waals surface area contributed by atoms with Crippen molar-refractivity contribution >= 4 is 23.0 Å². The van der Waals surface area contributed by atoms with E-state index in [0.717, 1.165) is 36.3 Å². The highest BCUT2D eigenvalue weighted by atomic mass is 16.5. The van der Waals surface area contributed by atoms with Crippen LogP contribution in [0.1, 0.15) is 38.0 Å². The fourth-order valence-electron chi connectivity index (χ4n) is 3.42. The topological polar surface area (TPSA) is 72.6 Å². The summed E-state index contributed by atoms with van der Waals surface area (Å²) in [5, 5.41) is 0. The lowest BCUT2D eigenvalue weighted by Gasteiger charge is -2.30. The van der Waals surface area contributed by atoms with Crippen LogP contribution in [0.25, 0.3) is 11.1 Å². The maximum Gasteiger partial charge on any atom is 0.309 e. The van der Waals surface area contributed by atoms with Crippen LogP contribution in [0.15, 0.2) is 28.7 Å². The van der Waals surface area contributed by atoms with Gasteiger partial charge in [0.2, 0.25) is 0 Å². The molecule has 1 saturated heterocycles. The molecule has 0 radical (unpaired) electrons. The summed E-state index contributed by atoms with van der Waals surface area (Å²) < 4.78 is 11.0. The van der Waals surface area contributed by atoms with E-state index >= 15 is 0 Å². The first-order chi connectivity index (χ1) is 12.1. The number of carbonyl (C=O) groups is 2. The Hall–Kier alpha value is -2.37. The minimum absolute atomic E-state index is 0.00213. The molecule has 1 aromatic carbocycles. The molecule has 1 aliphatic carbocycles. The lowest BCUT2D eigenvalue weighted by Crippen LogP contribution is -2.40. The second-order valence-electron chi connectivity index (χ2n) is 7.10. The number of amides is 1. The van der Waals surface area contributed by atoms with Crippen molar-refractivity contribution in [3.63, 3.8) is 0 Å². The molecule has 1 saturated carbocycles. The number of benzene rings is 1. The Balaban J connectivity index is 1.28. The van der Waals surface area contributed by atoms with Gasteiger partial charge in [-0.25, -0.2) is 4.98 Å². The summed E-state index contributed by atoms with van der Waals surface area (Å²) >= 11 is 0. The van der Waals surface area contributed by atoms with E-state index in [-0.39, 0.29) is 30.3 Å². The van der Waals surface area contributed by atoms with Gasteiger partial charge in [-0.1, -0.05) is 19.1 Å². The molecule has 0 unspecified atom stereocenters. The van der Waals surface area contributed by atoms with Crippen molar-refractivity contribution in [2.45, 2.75) is 32.1 Å². The standard InChI is InChI=1S/C19H22N2O4/c1-12-10-14(12)19(23)24-11-17(22)21-8-6-13(7-9-21)18-20-15-4-2-3-5-16(15)25-18/h2-5,12-14H,6-11H2,1H3/t12-,14+/m0/s1. The number of carbonyl (C=O) groups excluding carboxylic acids is 2. The van der Waals surface area contributed by atoms with Gasteiger partial charge in [0.05, 0.1) is 5.92 Å². The van der Waals surface area contributed by atoms with Crippen molar-refractivity contribution in [1.29, 1.82) is 0 Å². The zero-order chi connectivity index (χ0) is 17.4. The second kappa shape index (κ2) is 6.50. The molecule has 0 bridgehead atoms. The third-order valence-corrected chi connectivity index (χ3v) is 5.26. The van der Waals surface area contributed by atoms with Crippen molar-refractivity contribution in [1.82, 2.24) is 9.88 Å². The Labute approximate surface area is 146 Å². The largest absolute Gasteiger partial charge is 0.455 e. The van der Waals surface area contributed by atoms with Crippen molar-refractivity contribution in [2.24, 2.45) is 11.8 Å². The summed E-state index contributed by atoms with van der Waals surface area (Å²) in [6.45, 7) is 3.15. The van der Waals surface area contributed by atoms with Crippen LogP contribution in [0.2, 0.25) is 0 Å². The molecule has 1 aromatic heterocycles. The van der Waals surface area contributed by atoms with Crippen LogP contribution in [0.4, 0.5) is 0 Å². The van der Waals surface area contributed by atoms with Crippen LogP contribution in [0.3, 0.4) is 0 Å².